The normalized spacial score (nSPS) is 11.3. The zero-order valence-corrected chi connectivity index (χ0v) is 9.65. The van der Waals surface area contributed by atoms with Gasteiger partial charge in [-0.3, -0.25) is 4.79 Å². The Balaban J connectivity index is 3.25. The van der Waals surface area contributed by atoms with Crippen molar-refractivity contribution in [2.75, 3.05) is 5.73 Å². The summed E-state index contributed by atoms with van der Waals surface area (Å²) in [5.41, 5.74) is 5.05. The quantitative estimate of drug-likeness (QED) is 0.674. The van der Waals surface area contributed by atoms with Crippen molar-refractivity contribution in [1.82, 2.24) is 0 Å². The van der Waals surface area contributed by atoms with Gasteiger partial charge in [0.15, 0.2) is 11.5 Å². The molecular weight excluding hydrogens is 291 g/mol. The van der Waals surface area contributed by atoms with Gasteiger partial charge in [0.2, 0.25) is 0 Å². The summed E-state index contributed by atoms with van der Waals surface area (Å²) in [5, 5.41) is 0. The highest BCUT2D eigenvalue weighted by molar-refractivity contribution is 9.10. The van der Waals surface area contributed by atoms with Gasteiger partial charge in [-0.1, -0.05) is 15.9 Å². The summed E-state index contributed by atoms with van der Waals surface area (Å²) in [6.07, 6.45) is -4.84. The van der Waals surface area contributed by atoms with E-state index < -0.39 is 17.9 Å². The number of benzene rings is 1. The van der Waals surface area contributed by atoms with Crippen LogP contribution in [0.4, 0.5) is 18.9 Å². The fourth-order valence-corrected chi connectivity index (χ4v) is 1.53. The van der Waals surface area contributed by atoms with Gasteiger partial charge < -0.3 is 10.5 Å². The molecule has 0 aliphatic rings. The van der Waals surface area contributed by atoms with Gasteiger partial charge in [-0.2, -0.15) is 0 Å². The number of hydrogen-bond donors (Lipinski definition) is 1. The molecule has 16 heavy (non-hydrogen) atoms. The van der Waals surface area contributed by atoms with Gasteiger partial charge in [0.25, 0.3) is 0 Å². The van der Waals surface area contributed by atoms with Crippen LogP contribution >= 0.6 is 15.9 Å². The maximum absolute atomic E-state index is 12.0. The van der Waals surface area contributed by atoms with E-state index in [1.165, 1.54) is 13.0 Å². The average molecular weight is 298 g/mol. The third-order valence-electron chi connectivity index (χ3n) is 1.71. The van der Waals surface area contributed by atoms with Crippen LogP contribution in [0.3, 0.4) is 0 Å². The van der Waals surface area contributed by atoms with E-state index in [1.807, 2.05) is 0 Å². The van der Waals surface area contributed by atoms with E-state index in [1.54, 1.807) is 0 Å². The maximum Gasteiger partial charge on any atom is 0.573 e. The van der Waals surface area contributed by atoms with Gasteiger partial charge in [-0.25, -0.2) is 0 Å². The van der Waals surface area contributed by atoms with E-state index in [4.69, 9.17) is 5.73 Å². The fraction of sp³-hybridized carbons (Fsp3) is 0.222. The highest BCUT2D eigenvalue weighted by atomic mass is 79.9. The number of nitrogen functional groups attached to an aromatic ring is 1. The molecule has 88 valence electrons. The van der Waals surface area contributed by atoms with Crippen LogP contribution in [-0.2, 0) is 0 Å². The first-order chi connectivity index (χ1) is 7.20. The molecule has 0 bridgehead atoms. The van der Waals surface area contributed by atoms with Crippen LogP contribution < -0.4 is 10.5 Å². The smallest absolute Gasteiger partial charge is 0.404 e. The number of carbonyl (C=O) groups excluding carboxylic acids is 1. The molecule has 0 saturated carbocycles. The second kappa shape index (κ2) is 4.32. The first kappa shape index (κ1) is 12.8. The van der Waals surface area contributed by atoms with E-state index in [0.29, 0.717) is 0 Å². The topological polar surface area (TPSA) is 52.3 Å². The number of ketones is 1. The van der Waals surface area contributed by atoms with Gasteiger partial charge in [0.1, 0.15) is 0 Å². The summed E-state index contributed by atoms with van der Waals surface area (Å²) < 4.78 is 40.0. The average Bonchev–Trinajstić information content (AvgIpc) is 2.07. The van der Waals surface area contributed by atoms with Gasteiger partial charge in [0, 0.05) is 10.0 Å². The van der Waals surface area contributed by atoms with Gasteiger partial charge in [-0.15, -0.1) is 13.2 Å². The Morgan fingerprint density at radius 2 is 2.00 bits per heavy atom. The summed E-state index contributed by atoms with van der Waals surface area (Å²) in [6, 6.07) is 2.39. The molecule has 1 aromatic rings. The molecule has 0 fully saturated rings. The van der Waals surface area contributed by atoms with Crippen LogP contribution in [0, 0.1) is 0 Å². The van der Waals surface area contributed by atoms with Gasteiger partial charge >= 0.3 is 6.36 Å². The van der Waals surface area contributed by atoms with Crippen molar-refractivity contribution >= 4 is 27.4 Å². The first-order valence-electron chi connectivity index (χ1n) is 4.06. The molecule has 2 N–H and O–H groups in total. The molecule has 1 aromatic carbocycles. The van der Waals surface area contributed by atoms with Crippen molar-refractivity contribution in [3.63, 3.8) is 0 Å². The number of Topliss-reactive ketones (excluding diaryl/α,β-unsaturated/α-hetero) is 1. The Labute approximate surface area is 97.5 Å². The third-order valence-corrected chi connectivity index (χ3v) is 2.17. The first-order valence-corrected chi connectivity index (χ1v) is 4.85. The Morgan fingerprint density at radius 1 is 1.44 bits per heavy atom. The number of anilines is 1. The monoisotopic (exact) mass is 297 g/mol. The lowest BCUT2D eigenvalue weighted by Crippen LogP contribution is -2.18. The van der Waals surface area contributed by atoms with Gasteiger partial charge in [0.05, 0.1) is 5.69 Å². The minimum atomic E-state index is -4.84. The minimum Gasteiger partial charge on any atom is -0.404 e. The molecule has 0 aliphatic heterocycles. The standard InChI is InChI=1S/C9H7BrF3NO2/c1-4(15)6-2-5(10)3-7(8(6)14)16-9(11,12)13/h2-3H,14H2,1H3. The molecule has 0 spiro atoms. The fourth-order valence-electron chi connectivity index (χ4n) is 1.09. The van der Waals surface area contributed by atoms with Crippen molar-refractivity contribution in [2.24, 2.45) is 0 Å². The molecule has 0 aromatic heterocycles. The molecule has 0 aliphatic carbocycles. The summed E-state index contributed by atoms with van der Waals surface area (Å²) in [6.45, 7) is 1.20. The zero-order valence-electron chi connectivity index (χ0n) is 8.06. The molecule has 7 heteroatoms. The second-order valence-electron chi connectivity index (χ2n) is 2.97. The minimum absolute atomic E-state index is 0.0198. The Bertz CT molecular complexity index is 431. The molecule has 1 rings (SSSR count). The molecule has 0 amide bonds. The predicted molar refractivity (Wildman–Crippen MR) is 55.2 cm³/mol. The molecule has 3 nitrogen and oxygen atoms in total. The molecule has 0 atom stereocenters. The largest absolute Gasteiger partial charge is 0.573 e. The van der Waals surface area contributed by atoms with Crippen LogP contribution in [0.1, 0.15) is 17.3 Å². The SMILES string of the molecule is CC(=O)c1cc(Br)cc(OC(F)(F)F)c1N. The van der Waals surface area contributed by atoms with Crippen LogP contribution in [0.2, 0.25) is 0 Å². The van der Waals surface area contributed by atoms with Crippen LogP contribution in [0.15, 0.2) is 16.6 Å². The Hall–Kier alpha value is -1.24. The van der Waals surface area contributed by atoms with Crippen molar-refractivity contribution in [1.29, 1.82) is 0 Å². The number of halogens is 4. The molecule has 0 heterocycles. The van der Waals surface area contributed by atoms with E-state index in [9.17, 15) is 18.0 Å². The summed E-state index contributed by atoms with van der Waals surface area (Å²) in [5.74, 6) is -1.03. The third kappa shape index (κ3) is 3.13. The van der Waals surface area contributed by atoms with E-state index in [0.717, 1.165) is 6.07 Å². The second-order valence-corrected chi connectivity index (χ2v) is 3.88. The summed E-state index contributed by atoms with van der Waals surface area (Å²) >= 11 is 2.97. The number of alkyl halides is 3. The maximum atomic E-state index is 12.0. The molecule has 0 saturated heterocycles. The lowest BCUT2D eigenvalue weighted by molar-refractivity contribution is -0.274. The van der Waals surface area contributed by atoms with Crippen LogP contribution in [0.25, 0.3) is 0 Å². The van der Waals surface area contributed by atoms with Crippen molar-refractivity contribution in [3.05, 3.63) is 22.2 Å². The van der Waals surface area contributed by atoms with Gasteiger partial charge in [-0.05, 0) is 19.1 Å². The number of rotatable bonds is 2. The van der Waals surface area contributed by atoms with E-state index in [-0.39, 0.29) is 15.7 Å². The highest BCUT2D eigenvalue weighted by Crippen LogP contribution is 2.34. The van der Waals surface area contributed by atoms with Crippen molar-refractivity contribution in [3.8, 4) is 5.75 Å². The Kier molecular flexibility index (Phi) is 3.47. The zero-order chi connectivity index (χ0) is 12.5. The van der Waals surface area contributed by atoms with Crippen LogP contribution in [-0.4, -0.2) is 12.1 Å². The number of ether oxygens (including phenoxy) is 1. The summed E-state index contributed by atoms with van der Waals surface area (Å²) in [4.78, 5) is 11.1. The summed E-state index contributed by atoms with van der Waals surface area (Å²) in [7, 11) is 0. The molecule has 0 unspecified atom stereocenters. The molecular formula is C9H7BrF3NO2. The van der Waals surface area contributed by atoms with Crippen LogP contribution in [0.5, 0.6) is 5.75 Å². The van der Waals surface area contributed by atoms with Crippen molar-refractivity contribution < 1.29 is 22.7 Å². The lowest BCUT2D eigenvalue weighted by Gasteiger charge is -2.13. The van der Waals surface area contributed by atoms with Crippen molar-refractivity contribution in [2.45, 2.75) is 13.3 Å². The van der Waals surface area contributed by atoms with E-state index in [2.05, 4.69) is 20.7 Å². The lowest BCUT2D eigenvalue weighted by atomic mass is 10.1. The predicted octanol–water partition coefficient (Wildman–Crippen LogP) is 3.13. The number of hydrogen-bond acceptors (Lipinski definition) is 3. The highest BCUT2D eigenvalue weighted by Gasteiger charge is 2.32. The Morgan fingerprint density at radius 3 is 2.44 bits per heavy atom. The molecule has 0 radical (unpaired) electrons. The van der Waals surface area contributed by atoms with E-state index >= 15 is 0 Å². The number of nitrogens with two attached hydrogens (primary N) is 1. The number of carbonyl (C=O) groups is 1.